The van der Waals surface area contributed by atoms with E-state index in [1.54, 1.807) is 12.1 Å². The molecule has 0 atom stereocenters. The normalized spacial score (nSPS) is 10.8. The molecule has 0 amide bonds. The highest BCUT2D eigenvalue weighted by atomic mass is 16.5. The first-order valence-electron chi connectivity index (χ1n) is 5.87. The van der Waals surface area contributed by atoms with Gasteiger partial charge in [0.15, 0.2) is 11.5 Å². The number of aliphatic hydroxyl groups excluding tert-OH is 1. The van der Waals surface area contributed by atoms with Crippen LogP contribution in [0, 0.1) is 0 Å². The molecule has 0 saturated carbocycles. The number of ketones is 1. The first kappa shape index (κ1) is 15.6. The summed E-state index contributed by atoms with van der Waals surface area (Å²) < 4.78 is 14.7. The van der Waals surface area contributed by atoms with E-state index < -0.39 is 11.8 Å². The summed E-state index contributed by atoms with van der Waals surface area (Å²) in [7, 11) is 2.55. The van der Waals surface area contributed by atoms with E-state index in [1.807, 2.05) is 6.92 Å². The Labute approximate surface area is 116 Å². The molecule has 1 N–H and O–H groups in total. The molecule has 6 heteroatoms. The van der Waals surface area contributed by atoms with Crippen LogP contribution in [0.5, 0.6) is 11.5 Å². The third-order valence-corrected chi connectivity index (χ3v) is 2.41. The molecule has 0 bridgehead atoms. The van der Waals surface area contributed by atoms with Crippen LogP contribution in [0.25, 0.3) is 5.76 Å². The second kappa shape index (κ2) is 7.18. The molecular formula is C14H16O6. The maximum absolute atomic E-state index is 11.3. The molecule has 0 radical (unpaired) electrons. The molecule has 0 unspecified atom stereocenters. The highest BCUT2D eigenvalue weighted by Crippen LogP contribution is 2.30. The Hall–Kier alpha value is -2.50. The number of methoxy groups -OCH3 is 2. The minimum absolute atomic E-state index is 0.322. The maximum atomic E-state index is 11.3. The van der Waals surface area contributed by atoms with Gasteiger partial charge in [-0.15, -0.1) is 0 Å². The Bertz CT molecular complexity index is 532. The standard InChI is InChI=1S/C14H16O6/c1-4-20-12-6-5-9(7-13(12)18-2)10(15)8-11(16)14(17)19-3/h5-8,15H,4H2,1-3H3/b10-8-. The Morgan fingerprint density at radius 2 is 1.95 bits per heavy atom. The fourth-order valence-corrected chi connectivity index (χ4v) is 1.47. The Kier molecular flexibility index (Phi) is 5.58. The van der Waals surface area contributed by atoms with E-state index in [4.69, 9.17) is 9.47 Å². The molecule has 0 aliphatic heterocycles. The van der Waals surface area contributed by atoms with Gasteiger partial charge in [-0.25, -0.2) is 4.79 Å². The first-order chi connectivity index (χ1) is 9.53. The molecule has 1 aromatic carbocycles. The SMILES string of the molecule is CCOc1ccc(/C(O)=C/C(=O)C(=O)OC)cc1OC. The van der Waals surface area contributed by atoms with Gasteiger partial charge >= 0.3 is 5.97 Å². The van der Waals surface area contributed by atoms with Gasteiger partial charge in [-0.3, -0.25) is 4.79 Å². The number of esters is 1. The summed E-state index contributed by atoms with van der Waals surface area (Å²) in [6.45, 7) is 2.30. The molecule has 6 nitrogen and oxygen atoms in total. The van der Waals surface area contributed by atoms with Gasteiger partial charge in [-0.05, 0) is 25.1 Å². The first-order valence-corrected chi connectivity index (χ1v) is 5.87. The predicted molar refractivity (Wildman–Crippen MR) is 71.8 cm³/mol. The van der Waals surface area contributed by atoms with Gasteiger partial charge in [0.25, 0.3) is 5.78 Å². The summed E-state index contributed by atoms with van der Waals surface area (Å²) >= 11 is 0. The summed E-state index contributed by atoms with van der Waals surface area (Å²) in [6.07, 6.45) is 0.793. The third-order valence-electron chi connectivity index (χ3n) is 2.41. The minimum atomic E-state index is -1.05. The van der Waals surface area contributed by atoms with Crippen molar-refractivity contribution in [3.8, 4) is 11.5 Å². The number of benzene rings is 1. The lowest BCUT2D eigenvalue weighted by Crippen LogP contribution is -2.13. The molecule has 1 rings (SSSR count). The lowest BCUT2D eigenvalue weighted by atomic mass is 10.1. The van der Waals surface area contributed by atoms with Crippen molar-refractivity contribution in [3.63, 3.8) is 0 Å². The maximum Gasteiger partial charge on any atom is 0.378 e. The quantitative estimate of drug-likeness (QED) is 0.370. The fraction of sp³-hybridized carbons (Fsp3) is 0.286. The van der Waals surface area contributed by atoms with Crippen molar-refractivity contribution in [2.24, 2.45) is 0 Å². The van der Waals surface area contributed by atoms with Crippen molar-refractivity contribution in [2.45, 2.75) is 6.92 Å². The summed E-state index contributed by atoms with van der Waals surface area (Å²) in [6, 6.07) is 4.65. The molecule has 1 aromatic rings. The van der Waals surface area contributed by atoms with Gasteiger partial charge in [0, 0.05) is 11.6 Å². The number of hydrogen-bond donors (Lipinski definition) is 1. The molecule has 108 valence electrons. The Balaban J connectivity index is 3.05. The summed E-state index contributed by atoms with van der Waals surface area (Å²) in [5.41, 5.74) is 0.322. The molecular weight excluding hydrogens is 264 g/mol. The van der Waals surface area contributed by atoms with Crippen molar-refractivity contribution in [1.29, 1.82) is 0 Å². The molecule has 0 aromatic heterocycles. The van der Waals surface area contributed by atoms with Crippen molar-refractivity contribution >= 4 is 17.5 Å². The average molecular weight is 280 g/mol. The fourth-order valence-electron chi connectivity index (χ4n) is 1.47. The zero-order valence-corrected chi connectivity index (χ0v) is 11.5. The molecule has 0 fully saturated rings. The Morgan fingerprint density at radius 3 is 2.50 bits per heavy atom. The smallest absolute Gasteiger partial charge is 0.378 e. The highest BCUT2D eigenvalue weighted by Gasteiger charge is 2.14. The van der Waals surface area contributed by atoms with E-state index in [-0.39, 0.29) is 5.76 Å². The number of aliphatic hydroxyl groups is 1. The molecule has 0 saturated heterocycles. The van der Waals surface area contributed by atoms with Crippen LogP contribution in [-0.2, 0) is 14.3 Å². The lowest BCUT2D eigenvalue weighted by Gasteiger charge is -2.10. The topological polar surface area (TPSA) is 82.1 Å². The zero-order valence-electron chi connectivity index (χ0n) is 11.5. The van der Waals surface area contributed by atoms with E-state index in [9.17, 15) is 14.7 Å². The highest BCUT2D eigenvalue weighted by molar-refractivity contribution is 6.39. The third kappa shape index (κ3) is 3.74. The van der Waals surface area contributed by atoms with E-state index >= 15 is 0 Å². The van der Waals surface area contributed by atoms with E-state index in [2.05, 4.69) is 4.74 Å². The number of rotatable bonds is 6. The van der Waals surface area contributed by atoms with E-state index in [1.165, 1.54) is 13.2 Å². The largest absolute Gasteiger partial charge is 0.507 e. The number of carbonyl (C=O) groups is 2. The van der Waals surface area contributed by atoms with Crippen molar-refractivity contribution in [2.75, 3.05) is 20.8 Å². The van der Waals surface area contributed by atoms with Crippen LogP contribution in [0.2, 0.25) is 0 Å². The minimum Gasteiger partial charge on any atom is -0.507 e. The summed E-state index contributed by atoms with van der Waals surface area (Å²) in [5.74, 6) is -1.42. The van der Waals surface area contributed by atoms with Gasteiger partial charge in [0.2, 0.25) is 0 Å². The summed E-state index contributed by atoms with van der Waals surface area (Å²) in [4.78, 5) is 22.3. The van der Waals surface area contributed by atoms with E-state index in [0.717, 1.165) is 13.2 Å². The number of hydrogen-bond acceptors (Lipinski definition) is 6. The Morgan fingerprint density at radius 1 is 1.25 bits per heavy atom. The van der Waals surface area contributed by atoms with Crippen molar-refractivity contribution in [1.82, 2.24) is 0 Å². The van der Waals surface area contributed by atoms with Crippen LogP contribution in [0.15, 0.2) is 24.3 Å². The monoisotopic (exact) mass is 280 g/mol. The van der Waals surface area contributed by atoms with Crippen LogP contribution in [-0.4, -0.2) is 37.7 Å². The van der Waals surface area contributed by atoms with Gasteiger partial charge < -0.3 is 19.3 Å². The molecule has 0 aliphatic rings. The van der Waals surface area contributed by atoms with Crippen LogP contribution in [0.1, 0.15) is 12.5 Å². The van der Waals surface area contributed by atoms with Crippen LogP contribution in [0.4, 0.5) is 0 Å². The molecule has 0 heterocycles. The average Bonchev–Trinajstić information content (AvgIpc) is 2.46. The molecule has 0 spiro atoms. The van der Waals surface area contributed by atoms with Crippen LogP contribution in [0.3, 0.4) is 0 Å². The second-order valence-electron chi connectivity index (χ2n) is 3.68. The second-order valence-corrected chi connectivity index (χ2v) is 3.68. The van der Waals surface area contributed by atoms with Crippen molar-refractivity contribution < 1.29 is 28.9 Å². The number of ether oxygens (including phenoxy) is 3. The van der Waals surface area contributed by atoms with Gasteiger partial charge in [0.1, 0.15) is 5.76 Å². The van der Waals surface area contributed by atoms with E-state index in [0.29, 0.717) is 23.7 Å². The van der Waals surface area contributed by atoms with Crippen molar-refractivity contribution in [3.05, 3.63) is 29.8 Å². The number of carbonyl (C=O) groups excluding carboxylic acids is 2. The molecule has 20 heavy (non-hydrogen) atoms. The van der Waals surface area contributed by atoms with Crippen LogP contribution >= 0.6 is 0 Å². The molecule has 0 aliphatic carbocycles. The lowest BCUT2D eigenvalue weighted by molar-refractivity contribution is -0.149. The zero-order chi connectivity index (χ0) is 15.1. The van der Waals surface area contributed by atoms with Gasteiger partial charge in [-0.2, -0.15) is 0 Å². The van der Waals surface area contributed by atoms with Crippen LogP contribution < -0.4 is 9.47 Å². The predicted octanol–water partition coefficient (Wildman–Crippen LogP) is 1.73. The van der Waals surface area contributed by atoms with Gasteiger partial charge in [-0.1, -0.05) is 0 Å². The van der Waals surface area contributed by atoms with Gasteiger partial charge in [0.05, 0.1) is 20.8 Å². The summed E-state index contributed by atoms with van der Waals surface area (Å²) in [5, 5.41) is 9.81.